The Hall–Kier alpha value is -1.50. The molecule has 0 spiro atoms. The predicted molar refractivity (Wildman–Crippen MR) is 142 cm³/mol. The SMILES string of the molecule is CCCCCc1cc(OC(=O)CCCCN2CCN(C)CC2)c2c(c1)OC(C)(C)C1=C2CCS1. The lowest BCUT2D eigenvalue weighted by molar-refractivity contribution is -0.134. The van der Waals surface area contributed by atoms with E-state index in [2.05, 4.69) is 49.8 Å². The zero-order valence-corrected chi connectivity index (χ0v) is 22.4. The minimum absolute atomic E-state index is 0.121. The number of fused-ring (bicyclic) bond motifs is 2. The van der Waals surface area contributed by atoms with Gasteiger partial charge in [-0.05, 0) is 82.8 Å². The van der Waals surface area contributed by atoms with Crippen LogP contribution in [-0.4, -0.2) is 66.9 Å². The maximum atomic E-state index is 12.9. The molecule has 0 bridgehead atoms. The number of ether oxygens (including phenoxy) is 2. The van der Waals surface area contributed by atoms with E-state index in [1.807, 2.05) is 11.8 Å². The van der Waals surface area contributed by atoms with Gasteiger partial charge in [-0.2, -0.15) is 0 Å². The summed E-state index contributed by atoms with van der Waals surface area (Å²) in [6.45, 7) is 12.1. The number of thioether (sulfide) groups is 1. The van der Waals surface area contributed by atoms with E-state index in [1.54, 1.807) is 0 Å². The number of rotatable bonds is 10. The zero-order valence-electron chi connectivity index (χ0n) is 21.6. The standard InChI is InChI=1S/C28H42N2O3S/c1-5-6-7-10-21-19-23(26-22-12-18-34-27(22)28(2,3)33-24(26)20-21)32-25(31)11-8-9-13-30-16-14-29(4)15-17-30/h19-20H,5-18H2,1-4H3. The molecule has 0 aromatic heterocycles. The van der Waals surface area contributed by atoms with Crippen molar-refractivity contribution in [2.24, 2.45) is 0 Å². The number of hydrogen-bond donors (Lipinski definition) is 0. The fourth-order valence-electron chi connectivity index (χ4n) is 5.23. The topological polar surface area (TPSA) is 42.0 Å². The van der Waals surface area contributed by atoms with Crippen LogP contribution >= 0.6 is 11.8 Å². The van der Waals surface area contributed by atoms with Crippen molar-refractivity contribution in [1.29, 1.82) is 0 Å². The van der Waals surface area contributed by atoms with Gasteiger partial charge in [-0.1, -0.05) is 19.8 Å². The Morgan fingerprint density at radius 1 is 1.12 bits per heavy atom. The van der Waals surface area contributed by atoms with Gasteiger partial charge in [0, 0.05) is 43.3 Å². The molecule has 3 aliphatic rings. The number of esters is 1. The fourth-order valence-corrected chi connectivity index (χ4v) is 6.51. The van der Waals surface area contributed by atoms with Crippen LogP contribution in [0.1, 0.15) is 76.8 Å². The Balaban J connectivity index is 1.43. The quantitative estimate of drug-likeness (QED) is 0.238. The second-order valence-electron chi connectivity index (χ2n) is 10.5. The van der Waals surface area contributed by atoms with Crippen molar-refractivity contribution < 1.29 is 14.3 Å². The minimum atomic E-state index is -0.323. The molecular weight excluding hydrogens is 444 g/mol. The minimum Gasteiger partial charge on any atom is -0.482 e. The van der Waals surface area contributed by atoms with Crippen molar-refractivity contribution in [3.8, 4) is 11.5 Å². The van der Waals surface area contributed by atoms with Gasteiger partial charge in [-0.15, -0.1) is 11.8 Å². The molecule has 1 fully saturated rings. The second-order valence-corrected chi connectivity index (χ2v) is 11.6. The van der Waals surface area contributed by atoms with E-state index in [4.69, 9.17) is 9.47 Å². The van der Waals surface area contributed by atoms with Crippen LogP contribution in [0.3, 0.4) is 0 Å². The lowest BCUT2D eigenvalue weighted by Gasteiger charge is -2.35. The number of allylic oxidation sites excluding steroid dienone is 1. The molecule has 4 rings (SSSR count). The Morgan fingerprint density at radius 2 is 1.91 bits per heavy atom. The number of aryl methyl sites for hydroxylation is 1. The van der Waals surface area contributed by atoms with Gasteiger partial charge < -0.3 is 19.3 Å². The third-order valence-corrected chi connectivity index (χ3v) is 8.64. The van der Waals surface area contributed by atoms with E-state index in [1.165, 1.54) is 28.9 Å². The lowest BCUT2D eigenvalue weighted by atomic mass is 9.90. The molecule has 5 nitrogen and oxygen atoms in total. The smallest absolute Gasteiger partial charge is 0.311 e. The van der Waals surface area contributed by atoms with Gasteiger partial charge in [0.05, 0.1) is 5.56 Å². The molecule has 0 radical (unpaired) electrons. The summed E-state index contributed by atoms with van der Waals surface area (Å²) in [5, 5.41) is 0. The first kappa shape index (κ1) is 25.6. The summed E-state index contributed by atoms with van der Waals surface area (Å²) < 4.78 is 12.6. The molecule has 0 aliphatic carbocycles. The van der Waals surface area contributed by atoms with Crippen LogP contribution in [0.15, 0.2) is 17.0 Å². The van der Waals surface area contributed by atoms with Gasteiger partial charge in [-0.3, -0.25) is 4.79 Å². The molecule has 0 N–H and O–H groups in total. The van der Waals surface area contributed by atoms with Crippen molar-refractivity contribution in [3.05, 3.63) is 28.2 Å². The zero-order chi connectivity index (χ0) is 24.1. The highest BCUT2D eigenvalue weighted by molar-refractivity contribution is 8.03. The molecule has 6 heteroatoms. The number of hydrogen-bond acceptors (Lipinski definition) is 6. The molecule has 1 aromatic rings. The number of benzene rings is 1. The van der Waals surface area contributed by atoms with Crippen LogP contribution in [-0.2, 0) is 11.2 Å². The van der Waals surface area contributed by atoms with E-state index in [-0.39, 0.29) is 11.6 Å². The Kier molecular flexibility index (Phi) is 8.65. The molecule has 3 aliphatic heterocycles. The van der Waals surface area contributed by atoms with Gasteiger partial charge >= 0.3 is 5.97 Å². The predicted octanol–water partition coefficient (Wildman–Crippen LogP) is 5.76. The lowest BCUT2D eigenvalue weighted by Crippen LogP contribution is -2.44. The van der Waals surface area contributed by atoms with Crippen molar-refractivity contribution in [3.63, 3.8) is 0 Å². The van der Waals surface area contributed by atoms with Crippen LogP contribution < -0.4 is 9.47 Å². The van der Waals surface area contributed by atoms with E-state index in [0.29, 0.717) is 12.2 Å². The summed E-state index contributed by atoms with van der Waals surface area (Å²) in [6, 6.07) is 4.29. The van der Waals surface area contributed by atoms with Crippen molar-refractivity contribution in [1.82, 2.24) is 9.80 Å². The van der Waals surface area contributed by atoms with E-state index < -0.39 is 0 Å². The van der Waals surface area contributed by atoms with Crippen LogP contribution in [0.25, 0.3) is 5.57 Å². The number of unbranched alkanes of at least 4 members (excludes halogenated alkanes) is 3. The maximum absolute atomic E-state index is 12.9. The Bertz CT molecular complexity index is 903. The van der Waals surface area contributed by atoms with Crippen molar-refractivity contribution in [2.75, 3.05) is 45.5 Å². The molecule has 0 atom stereocenters. The summed E-state index contributed by atoms with van der Waals surface area (Å²) in [4.78, 5) is 19.1. The molecule has 3 heterocycles. The van der Waals surface area contributed by atoms with E-state index >= 15 is 0 Å². The number of likely N-dealkylation sites (N-methyl/N-ethyl adjacent to an activating group) is 1. The normalized spacial score (nSPS) is 20.1. The van der Waals surface area contributed by atoms with Gasteiger partial charge in [-0.25, -0.2) is 0 Å². The number of nitrogens with zero attached hydrogens (tertiary/aromatic N) is 2. The average molecular weight is 487 g/mol. The molecule has 0 amide bonds. The van der Waals surface area contributed by atoms with E-state index in [0.717, 1.165) is 81.9 Å². The molecule has 0 saturated carbocycles. The van der Waals surface area contributed by atoms with Crippen LogP contribution in [0.2, 0.25) is 0 Å². The molecule has 1 aromatic carbocycles. The highest BCUT2D eigenvalue weighted by Gasteiger charge is 2.39. The molecule has 1 saturated heterocycles. The highest BCUT2D eigenvalue weighted by atomic mass is 32.2. The van der Waals surface area contributed by atoms with E-state index in [9.17, 15) is 4.79 Å². The summed E-state index contributed by atoms with van der Waals surface area (Å²) in [5.74, 6) is 2.54. The largest absolute Gasteiger partial charge is 0.482 e. The van der Waals surface area contributed by atoms with Gasteiger partial charge in [0.15, 0.2) is 0 Å². The van der Waals surface area contributed by atoms with Crippen LogP contribution in [0.5, 0.6) is 11.5 Å². The summed E-state index contributed by atoms with van der Waals surface area (Å²) in [6.07, 6.45) is 7.91. The molecular formula is C28H42N2O3S. The maximum Gasteiger partial charge on any atom is 0.311 e. The number of carbonyl (C=O) groups is 1. The van der Waals surface area contributed by atoms with Crippen molar-refractivity contribution in [2.45, 2.75) is 77.7 Å². The third-order valence-electron chi connectivity index (χ3n) is 7.21. The molecule has 188 valence electrons. The summed E-state index contributed by atoms with van der Waals surface area (Å²) in [5.41, 5.74) is 3.21. The first-order chi connectivity index (χ1) is 16.4. The molecule has 34 heavy (non-hydrogen) atoms. The number of carbonyl (C=O) groups excluding carboxylic acids is 1. The Labute approximate surface area is 210 Å². The summed E-state index contributed by atoms with van der Waals surface area (Å²) >= 11 is 1.88. The first-order valence-electron chi connectivity index (χ1n) is 13.2. The number of piperazine rings is 1. The van der Waals surface area contributed by atoms with Crippen molar-refractivity contribution >= 4 is 23.3 Å². The third kappa shape index (κ3) is 6.19. The average Bonchev–Trinajstić information content (AvgIpc) is 3.29. The molecule has 0 unspecified atom stereocenters. The Morgan fingerprint density at radius 3 is 2.68 bits per heavy atom. The monoisotopic (exact) mass is 486 g/mol. The highest BCUT2D eigenvalue weighted by Crippen LogP contribution is 2.54. The van der Waals surface area contributed by atoms with Gasteiger partial charge in [0.25, 0.3) is 0 Å². The van der Waals surface area contributed by atoms with Crippen LogP contribution in [0, 0.1) is 0 Å². The van der Waals surface area contributed by atoms with Gasteiger partial charge in [0.1, 0.15) is 17.1 Å². The van der Waals surface area contributed by atoms with Crippen LogP contribution in [0.4, 0.5) is 0 Å². The van der Waals surface area contributed by atoms with Gasteiger partial charge in [0.2, 0.25) is 0 Å². The first-order valence-corrected chi connectivity index (χ1v) is 14.2. The summed E-state index contributed by atoms with van der Waals surface area (Å²) in [7, 11) is 2.18. The second kappa shape index (κ2) is 11.5. The fraction of sp³-hybridized carbons (Fsp3) is 0.679.